The van der Waals surface area contributed by atoms with Crippen LogP contribution in [0.2, 0.25) is 5.02 Å². The Morgan fingerprint density at radius 1 is 1.45 bits per heavy atom. The molecule has 1 aromatic carbocycles. The van der Waals surface area contributed by atoms with Crippen molar-refractivity contribution in [1.82, 2.24) is 5.32 Å². The summed E-state index contributed by atoms with van der Waals surface area (Å²) in [6.07, 6.45) is 1.43. The molecule has 0 aliphatic heterocycles. The van der Waals surface area contributed by atoms with E-state index in [0.29, 0.717) is 0 Å². The SMILES string of the molecule is O=C(NC(C(=O)O)C1CC1)c1cccc(Cl)c1[N+](=O)[O-]. The van der Waals surface area contributed by atoms with E-state index in [4.69, 9.17) is 16.7 Å². The highest BCUT2D eigenvalue weighted by Crippen LogP contribution is 2.33. The number of nitro groups is 1. The number of nitrogens with zero attached hydrogens (tertiary/aromatic N) is 1. The molecule has 1 saturated carbocycles. The smallest absolute Gasteiger partial charge is 0.326 e. The number of carboxylic acids is 1. The number of halogens is 1. The second-order valence-electron chi connectivity index (χ2n) is 4.52. The zero-order valence-corrected chi connectivity index (χ0v) is 11.0. The molecule has 0 heterocycles. The van der Waals surface area contributed by atoms with Crippen LogP contribution in [0.3, 0.4) is 0 Å². The zero-order valence-electron chi connectivity index (χ0n) is 10.2. The average Bonchev–Trinajstić information content (AvgIpc) is 3.18. The molecule has 1 atom stereocenters. The molecule has 1 amide bonds. The molecule has 0 spiro atoms. The van der Waals surface area contributed by atoms with Crippen molar-refractivity contribution in [2.75, 3.05) is 0 Å². The van der Waals surface area contributed by atoms with Crippen molar-refractivity contribution in [1.29, 1.82) is 0 Å². The molecule has 8 heteroatoms. The van der Waals surface area contributed by atoms with Gasteiger partial charge < -0.3 is 10.4 Å². The molecule has 2 rings (SSSR count). The lowest BCUT2D eigenvalue weighted by Gasteiger charge is -2.13. The fraction of sp³-hybridized carbons (Fsp3) is 0.333. The number of carbonyl (C=O) groups is 2. The molecule has 1 aliphatic rings. The third-order valence-electron chi connectivity index (χ3n) is 3.06. The van der Waals surface area contributed by atoms with Crippen LogP contribution < -0.4 is 5.32 Å². The van der Waals surface area contributed by atoms with E-state index in [9.17, 15) is 19.7 Å². The predicted octanol–water partition coefficient (Wildman–Crippen LogP) is 1.84. The highest BCUT2D eigenvalue weighted by atomic mass is 35.5. The Morgan fingerprint density at radius 3 is 2.60 bits per heavy atom. The Bertz CT molecular complexity index is 585. The number of rotatable bonds is 5. The van der Waals surface area contributed by atoms with E-state index in [0.717, 1.165) is 12.8 Å². The molecule has 106 valence electrons. The maximum absolute atomic E-state index is 12.0. The summed E-state index contributed by atoms with van der Waals surface area (Å²) in [6.45, 7) is 0. The largest absolute Gasteiger partial charge is 0.480 e. The molecule has 1 aromatic rings. The lowest BCUT2D eigenvalue weighted by atomic mass is 10.1. The lowest BCUT2D eigenvalue weighted by Crippen LogP contribution is -2.42. The number of aliphatic carboxylic acids is 1. The van der Waals surface area contributed by atoms with Crippen LogP contribution >= 0.6 is 11.6 Å². The molecule has 0 saturated heterocycles. The van der Waals surface area contributed by atoms with Crippen molar-refractivity contribution >= 4 is 29.2 Å². The second-order valence-corrected chi connectivity index (χ2v) is 4.93. The first kappa shape index (κ1) is 14.3. The first-order valence-corrected chi connectivity index (χ1v) is 6.26. The maximum atomic E-state index is 12.0. The van der Waals surface area contributed by atoms with Crippen LogP contribution in [0.5, 0.6) is 0 Å². The monoisotopic (exact) mass is 298 g/mol. The maximum Gasteiger partial charge on any atom is 0.326 e. The zero-order chi connectivity index (χ0) is 14.9. The Hall–Kier alpha value is -2.15. The van der Waals surface area contributed by atoms with E-state index in [1.807, 2.05) is 0 Å². The van der Waals surface area contributed by atoms with E-state index < -0.39 is 28.5 Å². The summed E-state index contributed by atoms with van der Waals surface area (Å²) in [6, 6.07) is 2.91. The van der Waals surface area contributed by atoms with Gasteiger partial charge in [0.15, 0.2) is 0 Å². The molecule has 0 bridgehead atoms. The predicted molar refractivity (Wildman–Crippen MR) is 69.7 cm³/mol. The van der Waals surface area contributed by atoms with Crippen molar-refractivity contribution in [3.8, 4) is 0 Å². The van der Waals surface area contributed by atoms with Gasteiger partial charge in [-0.2, -0.15) is 0 Å². The number of para-hydroxylation sites is 1. The van der Waals surface area contributed by atoms with Crippen molar-refractivity contribution in [3.05, 3.63) is 38.9 Å². The van der Waals surface area contributed by atoms with Crippen LogP contribution in [0.4, 0.5) is 5.69 Å². The highest BCUT2D eigenvalue weighted by molar-refractivity contribution is 6.33. The topological polar surface area (TPSA) is 110 Å². The Kier molecular flexibility index (Phi) is 3.89. The first-order chi connectivity index (χ1) is 9.41. The Morgan fingerprint density at radius 2 is 2.10 bits per heavy atom. The number of benzene rings is 1. The quantitative estimate of drug-likeness (QED) is 0.636. The van der Waals surface area contributed by atoms with E-state index >= 15 is 0 Å². The summed E-state index contributed by atoms with van der Waals surface area (Å²) < 4.78 is 0. The fourth-order valence-electron chi connectivity index (χ4n) is 1.91. The number of nitrogens with one attached hydrogen (secondary N) is 1. The van der Waals surface area contributed by atoms with Gasteiger partial charge >= 0.3 is 11.7 Å². The minimum absolute atomic E-state index is 0.116. The van der Waals surface area contributed by atoms with Crippen LogP contribution in [0.15, 0.2) is 18.2 Å². The Labute approximate surface area is 118 Å². The van der Waals surface area contributed by atoms with E-state index in [1.165, 1.54) is 18.2 Å². The first-order valence-electron chi connectivity index (χ1n) is 5.88. The Balaban J connectivity index is 2.27. The van der Waals surface area contributed by atoms with Crippen LogP contribution in [0.1, 0.15) is 23.2 Å². The van der Waals surface area contributed by atoms with Gasteiger partial charge in [-0.25, -0.2) is 4.79 Å². The summed E-state index contributed by atoms with van der Waals surface area (Å²) in [5, 5.41) is 22.1. The molecule has 0 aromatic heterocycles. The highest BCUT2D eigenvalue weighted by Gasteiger charge is 2.38. The summed E-state index contributed by atoms with van der Waals surface area (Å²) in [4.78, 5) is 33.3. The minimum Gasteiger partial charge on any atom is -0.480 e. The standard InChI is InChI=1S/C12H11ClN2O5/c13-8-3-1-2-7(10(8)15(19)20)11(16)14-9(12(17)18)6-4-5-6/h1-3,6,9H,4-5H2,(H,14,16)(H,17,18). The van der Waals surface area contributed by atoms with Gasteiger partial charge in [0.05, 0.1) is 4.92 Å². The molecule has 1 fully saturated rings. The minimum atomic E-state index is -1.15. The summed E-state index contributed by atoms with van der Waals surface area (Å²) in [5.74, 6) is -2.07. The average molecular weight is 299 g/mol. The second kappa shape index (κ2) is 5.46. The van der Waals surface area contributed by atoms with Gasteiger partial charge in [-0.15, -0.1) is 0 Å². The van der Waals surface area contributed by atoms with E-state index in [-0.39, 0.29) is 16.5 Å². The number of carbonyl (C=O) groups excluding carboxylic acids is 1. The van der Waals surface area contributed by atoms with Gasteiger partial charge in [0.25, 0.3) is 5.91 Å². The van der Waals surface area contributed by atoms with Gasteiger partial charge in [0.1, 0.15) is 16.6 Å². The summed E-state index contributed by atoms with van der Waals surface area (Å²) in [5.41, 5.74) is -0.763. The van der Waals surface area contributed by atoms with E-state index in [2.05, 4.69) is 5.32 Å². The fourth-order valence-corrected chi connectivity index (χ4v) is 2.16. The number of hydrogen-bond acceptors (Lipinski definition) is 4. The van der Waals surface area contributed by atoms with Crippen molar-refractivity contribution in [2.45, 2.75) is 18.9 Å². The van der Waals surface area contributed by atoms with Gasteiger partial charge in [-0.3, -0.25) is 14.9 Å². The van der Waals surface area contributed by atoms with Crippen LogP contribution in [0.25, 0.3) is 0 Å². The molecular formula is C12H11ClN2O5. The van der Waals surface area contributed by atoms with Crippen molar-refractivity contribution in [2.24, 2.45) is 5.92 Å². The summed E-state index contributed by atoms with van der Waals surface area (Å²) in [7, 11) is 0. The number of amides is 1. The molecule has 0 radical (unpaired) electrons. The molecule has 1 unspecified atom stereocenters. The molecule has 20 heavy (non-hydrogen) atoms. The van der Waals surface area contributed by atoms with Gasteiger partial charge in [-0.1, -0.05) is 17.7 Å². The third-order valence-corrected chi connectivity index (χ3v) is 3.37. The van der Waals surface area contributed by atoms with Gasteiger partial charge in [-0.05, 0) is 30.9 Å². The van der Waals surface area contributed by atoms with Crippen LogP contribution in [-0.2, 0) is 4.79 Å². The van der Waals surface area contributed by atoms with E-state index in [1.54, 1.807) is 0 Å². The number of hydrogen-bond donors (Lipinski definition) is 2. The van der Waals surface area contributed by atoms with Gasteiger partial charge in [0.2, 0.25) is 0 Å². The van der Waals surface area contributed by atoms with Gasteiger partial charge in [0, 0.05) is 0 Å². The third kappa shape index (κ3) is 2.88. The van der Waals surface area contributed by atoms with Crippen LogP contribution in [0, 0.1) is 16.0 Å². The molecule has 2 N–H and O–H groups in total. The summed E-state index contributed by atoms with van der Waals surface area (Å²) >= 11 is 5.70. The molecule has 1 aliphatic carbocycles. The lowest BCUT2D eigenvalue weighted by molar-refractivity contribution is -0.385. The van der Waals surface area contributed by atoms with Crippen molar-refractivity contribution in [3.63, 3.8) is 0 Å². The molecule has 7 nitrogen and oxygen atoms in total. The number of nitro benzene ring substituents is 1. The normalized spacial score (nSPS) is 15.4. The molecular weight excluding hydrogens is 288 g/mol. The number of carboxylic acid groups (broad SMARTS) is 1. The van der Waals surface area contributed by atoms with Crippen molar-refractivity contribution < 1.29 is 19.6 Å². The van der Waals surface area contributed by atoms with Crippen LogP contribution in [-0.4, -0.2) is 27.9 Å².